The van der Waals surface area contributed by atoms with E-state index in [1.54, 1.807) is 17.1 Å². The van der Waals surface area contributed by atoms with E-state index in [0.29, 0.717) is 6.67 Å². The van der Waals surface area contributed by atoms with Gasteiger partial charge in [0.25, 0.3) is 5.69 Å². The van der Waals surface area contributed by atoms with Crippen molar-refractivity contribution in [3.8, 4) is 0 Å². The second kappa shape index (κ2) is 7.21. The summed E-state index contributed by atoms with van der Waals surface area (Å²) < 4.78 is 0. The smallest absolute Gasteiger partial charge is 0.259 e. The molecule has 1 aliphatic rings. The number of hydrazone groups is 1. The van der Waals surface area contributed by atoms with Gasteiger partial charge in [0.15, 0.2) is 0 Å². The standard InChI is InChI=1S/C21H16N4O2/c26-25(27)19-13-11-18(12-14-19)24-15-22-20(16-7-3-1-4-8-16)21(23-24)17-9-5-2-6-10-17/h1-14H,15H2. The average Bonchev–Trinajstić information content (AvgIpc) is 2.74. The van der Waals surface area contributed by atoms with Gasteiger partial charge in [0.2, 0.25) is 0 Å². The number of nitrogens with zero attached hydrogens (tertiary/aromatic N) is 4. The lowest BCUT2D eigenvalue weighted by molar-refractivity contribution is -0.384. The van der Waals surface area contributed by atoms with Gasteiger partial charge in [-0.15, -0.1) is 0 Å². The first kappa shape index (κ1) is 16.7. The van der Waals surface area contributed by atoms with E-state index < -0.39 is 4.92 Å². The molecule has 0 amide bonds. The van der Waals surface area contributed by atoms with Gasteiger partial charge in [0.1, 0.15) is 12.4 Å². The normalized spacial score (nSPS) is 13.7. The quantitative estimate of drug-likeness (QED) is 0.518. The molecule has 0 bridgehead atoms. The van der Waals surface area contributed by atoms with Crippen LogP contribution < -0.4 is 5.01 Å². The summed E-state index contributed by atoms with van der Waals surface area (Å²) in [7, 11) is 0. The molecule has 0 spiro atoms. The predicted molar refractivity (Wildman–Crippen MR) is 106 cm³/mol. The van der Waals surface area contributed by atoms with Crippen LogP contribution in [0.4, 0.5) is 11.4 Å². The molecule has 4 rings (SSSR count). The summed E-state index contributed by atoms with van der Waals surface area (Å²) in [5.41, 5.74) is 4.38. The number of hydrogen-bond donors (Lipinski definition) is 0. The van der Waals surface area contributed by atoms with Crippen molar-refractivity contribution in [2.24, 2.45) is 10.1 Å². The maximum Gasteiger partial charge on any atom is 0.269 e. The minimum absolute atomic E-state index is 0.0523. The summed E-state index contributed by atoms with van der Waals surface area (Å²) in [6.07, 6.45) is 0. The van der Waals surface area contributed by atoms with E-state index in [-0.39, 0.29) is 5.69 Å². The average molecular weight is 356 g/mol. The van der Waals surface area contributed by atoms with Gasteiger partial charge in [-0.3, -0.25) is 15.1 Å². The summed E-state index contributed by atoms with van der Waals surface area (Å²) in [6.45, 7) is 0.346. The number of aliphatic imine (C=N–C) groups is 1. The number of hydrogen-bond acceptors (Lipinski definition) is 5. The van der Waals surface area contributed by atoms with E-state index >= 15 is 0 Å². The van der Waals surface area contributed by atoms with Crippen LogP contribution in [0, 0.1) is 10.1 Å². The van der Waals surface area contributed by atoms with Crippen LogP contribution in [-0.2, 0) is 0 Å². The van der Waals surface area contributed by atoms with Crippen LogP contribution in [0.5, 0.6) is 0 Å². The molecule has 0 aromatic heterocycles. The largest absolute Gasteiger partial charge is 0.269 e. The highest BCUT2D eigenvalue weighted by Crippen LogP contribution is 2.23. The van der Waals surface area contributed by atoms with Crippen LogP contribution in [0.15, 0.2) is 95.0 Å². The van der Waals surface area contributed by atoms with Crippen molar-refractivity contribution < 1.29 is 4.92 Å². The summed E-state index contributed by atoms with van der Waals surface area (Å²) in [5, 5.41) is 17.4. The molecule has 0 unspecified atom stereocenters. The van der Waals surface area contributed by atoms with Crippen LogP contribution in [-0.4, -0.2) is 23.0 Å². The van der Waals surface area contributed by atoms with Crippen molar-refractivity contribution in [1.82, 2.24) is 0 Å². The third kappa shape index (κ3) is 3.46. The molecule has 0 fully saturated rings. The number of anilines is 1. The van der Waals surface area contributed by atoms with E-state index in [2.05, 4.69) is 0 Å². The topological polar surface area (TPSA) is 71.1 Å². The molecule has 6 nitrogen and oxygen atoms in total. The van der Waals surface area contributed by atoms with Crippen molar-refractivity contribution in [3.63, 3.8) is 0 Å². The molecule has 0 radical (unpaired) electrons. The first-order valence-electron chi connectivity index (χ1n) is 8.48. The van der Waals surface area contributed by atoms with Crippen molar-refractivity contribution in [2.75, 3.05) is 11.7 Å². The zero-order chi connectivity index (χ0) is 18.6. The number of nitro benzene ring substituents is 1. The van der Waals surface area contributed by atoms with Crippen molar-refractivity contribution in [2.45, 2.75) is 0 Å². The Balaban J connectivity index is 1.74. The van der Waals surface area contributed by atoms with E-state index in [4.69, 9.17) is 10.1 Å². The van der Waals surface area contributed by atoms with Crippen molar-refractivity contribution in [3.05, 3.63) is 106 Å². The first-order chi connectivity index (χ1) is 13.2. The lowest BCUT2D eigenvalue weighted by Gasteiger charge is -2.25. The second-order valence-electron chi connectivity index (χ2n) is 6.00. The van der Waals surface area contributed by atoms with Gasteiger partial charge in [-0.1, -0.05) is 60.7 Å². The SMILES string of the molecule is O=[N+]([O-])c1ccc(N2CN=C(c3ccccc3)C(c3ccccc3)=N2)cc1. The monoisotopic (exact) mass is 356 g/mol. The van der Waals surface area contributed by atoms with Crippen LogP contribution >= 0.6 is 0 Å². The zero-order valence-electron chi connectivity index (χ0n) is 14.4. The molecular formula is C21H16N4O2. The molecular weight excluding hydrogens is 340 g/mol. The highest BCUT2D eigenvalue weighted by molar-refractivity contribution is 6.54. The first-order valence-corrected chi connectivity index (χ1v) is 8.48. The van der Waals surface area contributed by atoms with Crippen LogP contribution in [0.1, 0.15) is 11.1 Å². The van der Waals surface area contributed by atoms with E-state index in [0.717, 1.165) is 28.2 Å². The third-order valence-electron chi connectivity index (χ3n) is 4.26. The maximum absolute atomic E-state index is 10.9. The Morgan fingerprint density at radius 1 is 0.778 bits per heavy atom. The Hall–Kier alpha value is -3.80. The summed E-state index contributed by atoms with van der Waals surface area (Å²) in [5.74, 6) is 0. The van der Waals surface area contributed by atoms with Crippen LogP contribution in [0.2, 0.25) is 0 Å². The Kier molecular flexibility index (Phi) is 4.45. The van der Waals surface area contributed by atoms with E-state index in [1.165, 1.54) is 12.1 Å². The Labute approximate surface area is 156 Å². The third-order valence-corrected chi connectivity index (χ3v) is 4.26. The Bertz CT molecular complexity index is 1010. The van der Waals surface area contributed by atoms with Gasteiger partial charge < -0.3 is 0 Å². The molecule has 0 N–H and O–H groups in total. The van der Waals surface area contributed by atoms with E-state index in [9.17, 15) is 10.1 Å². The van der Waals surface area contributed by atoms with Crippen LogP contribution in [0.3, 0.4) is 0 Å². The lowest BCUT2D eigenvalue weighted by atomic mass is 9.99. The van der Waals surface area contributed by atoms with Gasteiger partial charge in [-0.05, 0) is 12.1 Å². The molecule has 3 aromatic carbocycles. The molecule has 27 heavy (non-hydrogen) atoms. The fourth-order valence-corrected chi connectivity index (χ4v) is 2.91. The molecule has 0 saturated heterocycles. The minimum atomic E-state index is -0.412. The summed E-state index contributed by atoms with van der Waals surface area (Å²) in [4.78, 5) is 15.2. The molecule has 0 aliphatic carbocycles. The molecule has 1 heterocycles. The molecule has 6 heteroatoms. The highest BCUT2D eigenvalue weighted by atomic mass is 16.6. The van der Waals surface area contributed by atoms with Gasteiger partial charge in [0, 0.05) is 23.3 Å². The highest BCUT2D eigenvalue weighted by Gasteiger charge is 2.21. The Morgan fingerprint density at radius 3 is 1.89 bits per heavy atom. The molecule has 132 valence electrons. The minimum Gasteiger partial charge on any atom is -0.259 e. The number of non-ortho nitro benzene ring substituents is 1. The van der Waals surface area contributed by atoms with Gasteiger partial charge in [-0.2, -0.15) is 5.10 Å². The number of nitro groups is 1. The van der Waals surface area contributed by atoms with Gasteiger partial charge in [-0.25, -0.2) is 5.01 Å². The second-order valence-corrected chi connectivity index (χ2v) is 6.00. The fraction of sp³-hybridized carbons (Fsp3) is 0.0476. The van der Waals surface area contributed by atoms with E-state index in [1.807, 2.05) is 60.7 Å². The molecule has 3 aromatic rings. The molecule has 0 atom stereocenters. The number of benzene rings is 3. The maximum atomic E-state index is 10.9. The van der Waals surface area contributed by atoms with Crippen LogP contribution in [0.25, 0.3) is 0 Å². The lowest BCUT2D eigenvalue weighted by Crippen LogP contribution is -2.31. The van der Waals surface area contributed by atoms with Crippen molar-refractivity contribution >= 4 is 22.8 Å². The fourth-order valence-electron chi connectivity index (χ4n) is 2.91. The summed E-state index contributed by atoms with van der Waals surface area (Å²) >= 11 is 0. The Morgan fingerprint density at radius 2 is 1.33 bits per heavy atom. The molecule has 0 saturated carbocycles. The van der Waals surface area contributed by atoms with Crippen molar-refractivity contribution in [1.29, 1.82) is 0 Å². The van der Waals surface area contributed by atoms with Gasteiger partial charge in [0.05, 0.1) is 16.3 Å². The number of rotatable bonds is 4. The predicted octanol–water partition coefficient (Wildman–Crippen LogP) is 4.27. The zero-order valence-corrected chi connectivity index (χ0v) is 14.4. The summed E-state index contributed by atoms with van der Waals surface area (Å²) in [6, 6.07) is 26.1. The molecule has 1 aliphatic heterocycles. The van der Waals surface area contributed by atoms with Gasteiger partial charge >= 0.3 is 0 Å².